The van der Waals surface area contributed by atoms with Crippen molar-refractivity contribution in [2.45, 2.75) is 13.3 Å². The molecule has 102 valence electrons. The second kappa shape index (κ2) is 5.28. The van der Waals surface area contributed by atoms with Crippen LogP contribution in [-0.2, 0) is 13.5 Å². The van der Waals surface area contributed by atoms with E-state index >= 15 is 0 Å². The van der Waals surface area contributed by atoms with Crippen LogP contribution in [0.3, 0.4) is 0 Å². The van der Waals surface area contributed by atoms with Gasteiger partial charge >= 0.3 is 0 Å². The van der Waals surface area contributed by atoms with Gasteiger partial charge in [-0.05, 0) is 19.1 Å². The SMILES string of the molecule is Cc1cc(NCCc2nncn2C)c2ccccc2n1. The second-order valence-electron chi connectivity index (χ2n) is 4.86. The van der Waals surface area contributed by atoms with Crippen LogP contribution in [0.2, 0.25) is 0 Å². The van der Waals surface area contributed by atoms with Gasteiger partial charge in [-0.2, -0.15) is 0 Å². The van der Waals surface area contributed by atoms with Crippen molar-refractivity contribution in [1.82, 2.24) is 19.7 Å². The van der Waals surface area contributed by atoms with Crippen molar-refractivity contribution >= 4 is 16.6 Å². The van der Waals surface area contributed by atoms with Crippen LogP contribution < -0.4 is 5.32 Å². The number of anilines is 1. The first kappa shape index (κ1) is 12.6. The zero-order chi connectivity index (χ0) is 13.9. The topological polar surface area (TPSA) is 55.6 Å². The van der Waals surface area contributed by atoms with E-state index in [-0.39, 0.29) is 0 Å². The van der Waals surface area contributed by atoms with E-state index in [0.29, 0.717) is 0 Å². The summed E-state index contributed by atoms with van der Waals surface area (Å²) in [6.45, 7) is 2.83. The Labute approximate surface area is 117 Å². The first-order valence-corrected chi connectivity index (χ1v) is 6.67. The maximum absolute atomic E-state index is 4.54. The van der Waals surface area contributed by atoms with Gasteiger partial charge in [0.15, 0.2) is 0 Å². The third-order valence-corrected chi connectivity index (χ3v) is 3.31. The van der Waals surface area contributed by atoms with Crippen LogP contribution in [0.4, 0.5) is 5.69 Å². The molecule has 0 aliphatic carbocycles. The number of aromatic nitrogens is 4. The molecule has 2 aromatic heterocycles. The molecule has 0 aliphatic rings. The first-order valence-electron chi connectivity index (χ1n) is 6.67. The Morgan fingerprint density at radius 1 is 1.25 bits per heavy atom. The molecule has 2 heterocycles. The van der Waals surface area contributed by atoms with Crippen molar-refractivity contribution in [2.75, 3.05) is 11.9 Å². The molecule has 0 saturated carbocycles. The summed E-state index contributed by atoms with van der Waals surface area (Å²) in [6.07, 6.45) is 2.56. The highest BCUT2D eigenvalue weighted by Gasteiger charge is 2.04. The number of pyridine rings is 1. The van der Waals surface area contributed by atoms with Crippen LogP contribution in [-0.4, -0.2) is 26.3 Å². The van der Waals surface area contributed by atoms with Gasteiger partial charge in [-0.15, -0.1) is 10.2 Å². The number of aryl methyl sites for hydroxylation is 2. The van der Waals surface area contributed by atoms with Gasteiger partial charge in [-0.1, -0.05) is 18.2 Å². The molecule has 20 heavy (non-hydrogen) atoms. The van der Waals surface area contributed by atoms with Gasteiger partial charge in [0.1, 0.15) is 12.2 Å². The largest absolute Gasteiger partial charge is 0.384 e. The minimum Gasteiger partial charge on any atom is -0.384 e. The van der Waals surface area contributed by atoms with Crippen molar-refractivity contribution in [1.29, 1.82) is 0 Å². The second-order valence-corrected chi connectivity index (χ2v) is 4.86. The Hall–Kier alpha value is -2.43. The van der Waals surface area contributed by atoms with Gasteiger partial charge in [0.05, 0.1) is 5.52 Å². The molecule has 0 bridgehead atoms. The molecule has 0 atom stereocenters. The van der Waals surface area contributed by atoms with Crippen LogP contribution in [0.5, 0.6) is 0 Å². The Morgan fingerprint density at radius 3 is 2.90 bits per heavy atom. The summed E-state index contributed by atoms with van der Waals surface area (Å²) >= 11 is 0. The van der Waals surface area contributed by atoms with E-state index in [1.54, 1.807) is 6.33 Å². The van der Waals surface area contributed by atoms with E-state index < -0.39 is 0 Å². The summed E-state index contributed by atoms with van der Waals surface area (Å²) in [7, 11) is 1.96. The van der Waals surface area contributed by atoms with Crippen molar-refractivity contribution in [3.63, 3.8) is 0 Å². The summed E-state index contributed by atoms with van der Waals surface area (Å²) in [5.41, 5.74) is 3.16. The van der Waals surface area contributed by atoms with Gasteiger partial charge in [0.2, 0.25) is 0 Å². The number of rotatable bonds is 4. The zero-order valence-electron chi connectivity index (χ0n) is 11.7. The van der Waals surface area contributed by atoms with Crippen LogP contribution >= 0.6 is 0 Å². The third-order valence-electron chi connectivity index (χ3n) is 3.31. The van der Waals surface area contributed by atoms with E-state index in [9.17, 15) is 0 Å². The summed E-state index contributed by atoms with van der Waals surface area (Å²) in [5, 5.41) is 12.6. The van der Waals surface area contributed by atoms with E-state index in [1.807, 2.05) is 36.7 Å². The summed E-state index contributed by atoms with van der Waals surface area (Å²) in [5.74, 6) is 0.979. The highest BCUT2D eigenvalue weighted by atomic mass is 15.2. The average Bonchev–Trinajstić information content (AvgIpc) is 2.84. The lowest BCUT2D eigenvalue weighted by Gasteiger charge is -2.10. The highest BCUT2D eigenvalue weighted by molar-refractivity contribution is 5.91. The number of benzene rings is 1. The summed E-state index contributed by atoms with van der Waals surface area (Å²) in [6, 6.07) is 10.3. The maximum Gasteiger partial charge on any atom is 0.134 e. The highest BCUT2D eigenvalue weighted by Crippen LogP contribution is 2.22. The molecular weight excluding hydrogens is 250 g/mol. The summed E-state index contributed by atoms with van der Waals surface area (Å²) < 4.78 is 1.94. The van der Waals surface area contributed by atoms with E-state index in [2.05, 4.69) is 32.6 Å². The lowest BCUT2D eigenvalue weighted by atomic mass is 10.1. The molecule has 0 unspecified atom stereocenters. The molecular formula is C15H17N5. The molecule has 0 fully saturated rings. The molecule has 0 radical (unpaired) electrons. The Balaban J connectivity index is 1.79. The fourth-order valence-corrected chi connectivity index (χ4v) is 2.30. The fourth-order valence-electron chi connectivity index (χ4n) is 2.30. The van der Waals surface area contributed by atoms with E-state index in [0.717, 1.165) is 41.1 Å². The normalized spacial score (nSPS) is 10.9. The number of nitrogens with one attached hydrogen (secondary N) is 1. The Bertz CT molecular complexity index is 732. The quantitative estimate of drug-likeness (QED) is 0.788. The van der Waals surface area contributed by atoms with Gasteiger partial charge in [0.25, 0.3) is 0 Å². The van der Waals surface area contributed by atoms with Gasteiger partial charge in [-0.3, -0.25) is 4.98 Å². The lowest BCUT2D eigenvalue weighted by molar-refractivity contribution is 0.789. The van der Waals surface area contributed by atoms with Crippen molar-refractivity contribution in [3.8, 4) is 0 Å². The smallest absolute Gasteiger partial charge is 0.134 e. The van der Waals surface area contributed by atoms with Gasteiger partial charge < -0.3 is 9.88 Å². The number of hydrogen-bond donors (Lipinski definition) is 1. The number of fused-ring (bicyclic) bond motifs is 1. The molecule has 1 N–H and O–H groups in total. The van der Waals surface area contributed by atoms with Crippen molar-refractivity contribution < 1.29 is 0 Å². The monoisotopic (exact) mass is 267 g/mol. The number of hydrogen-bond acceptors (Lipinski definition) is 4. The molecule has 5 heteroatoms. The van der Waals surface area contributed by atoms with Crippen LogP contribution in [0.25, 0.3) is 10.9 Å². The molecule has 3 aromatic rings. The molecule has 5 nitrogen and oxygen atoms in total. The maximum atomic E-state index is 4.54. The standard InChI is InChI=1S/C15H17N5/c1-11-9-14(12-5-3-4-6-13(12)18-11)16-8-7-15-19-17-10-20(15)2/h3-6,9-10H,7-8H2,1-2H3,(H,16,18). The van der Waals surface area contributed by atoms with Crippen LogP contribution in [0, 0.1) is 6.92 Å². The first-order chi connectivity index (χ1) is 9.74. The summed E-state index contributed by atoms with van der Waals surface area (Å²) in [4.78, 5) is 4.54. The number of para-hydroxylation sites is 1. The van der Waals surface area contributed by atoms with Crippen LogP contribution in [0.1, 0.15) is 11.5 Å². The van der Waals surface area contributed by atoms with E-state index in [1.165, 1.54) is 0 Å². The third kappa shape index (κ3) is 2.47. The fraction of sp³-hybridized carbons (Fsp3) is 0.267. The van der Waals surface area contributed by atoms with Crippen LogP contribution in [0.15, 0.2) is 36.7 Å². The van der Waals surface area contributed by atoms with Gasteiger partial charge in [0, 0.05) is 36.8 Å². The predicted molar refractivity (Wildman–Crippen MR) is 79.7 cm³/mol. The minimum absolute atomic E-state index is 0.819. The van der Waals surface area contributed by atoms with E-state index in [4.69, 9.17) is 0 Å². The molecule has 0 saturated heterocycles. The minimum atomic E-state index is 0.819. The molecule has 1 aromatic carbocycles. The van der Waals surface area contributed by atoms with Gasteiger partial charge in [-0.25, -0.2) is 0 Å². The molecule has 3 rings (SSSR count). The van der Waals surface area contributed by atoms with Crippen molar-refractivity contribution in [2.24, 2.45) is 7.05 Å². The molecule has 0 spiro atoms. The number of nitrogens with zero attached hydrogens (tertiary/aromatic N) is 4. The molecule has 0 aliphatic heterocycles. The lowest BCUT2D eigenvalue weighted by Crippen LogP contribution is -2.09. The Morgan fingerprint density at radius 2 is 2.10 bits per heavy atom. The average molecular weight is 267 g/mol. The van der Waals surface area contributed by atoms with Crippen molar-refractivity contribution in [3.05, 3.63) is 48.2 Å². The molecule has 0 amide bonds. The predicted octanol–water partition coefficient (Wildman–Crippen LogP) is 2.33. The zero-order valence-corrected chi connectivity index (χ0v) is 11.7. The Kier molecular flexibility index (Phi) is 3.33.